The normalized spacial score (nSPS) is 13.8. The summed E-state index contributed by atoms with van der Waals surface area (Å²) in [5.41, 5.74) is 0.322. The van der Waals surface area contributed by atoms with E-state index in [2.05, 4.69) is 10.6 Å². The van der Waals surface area contributed by atoms with Crippen LogP contribution in [0.4, 0.5) is 5.69 Å². The van der Waals surface area contributed by atoms with Crippen LogP contribution < -0.4 is 10.6 Å². The molecule has 0 aromatic heterocycles. The van der Waals surface area contributed by atoms with Gasteiger partial charge in [-0.25, -0.2) is 0 Å². The van der Waals surface area contributed by atoms with Gasteiger partial charge in [-0.2, -0.15) is 0 Å². The molecule has 1 unspecified atom stereocenters. The second-order valence-electron chi connectivity index (χ2n) is 6.55. The maximum Gasteiger partial charge on any atom is 0.326 e. The Labute approximate surface area is 166 Å². The zero-order chi connectivity index (χ0) is 20.8. The molecule has 2 N–H and O–H groups in total. The molecule has 1 saturated carbocycles. The number of esters is 1. The number of ether oxygens (including phenoxy) is 1. The summed E-state index contributed by atoms with van der Waals surface area (Å²) in [5, 5.41) is 15.9. The molecule has 1 fully saturated rings. The molecular weight excluding hydrogens is 378 g/mol. The first-order chi connectivity index (χ1) is 13.9. The standard InChI is InChI=1S/C20H19N3O6/c24-17(12-21-19(25)14-7-4-8-16(11-14)23(27)28)29-18(13-5-2-1-3-6-13)20(26)22-15-9-10-15/h1-8,11,15,18H,9-10,12H2,(H,21,25)(H,22,26). The maximum absolute atomic E-state index is 12.5. The zero-order valence-electron chi connectivity index (χ0n) is 15.4. The lowest BCUT2D eigenvalue weighted by Crippen LogP contribution is -2.36. The number of nitrogens with zero attached hydrogens (tertiary/aromatic N) is 1. The minimum atomic E-state index is -1.13. The Balaban J connectivity index is 1.61. The number of non-ortho nitro benzene ring substituents is 1. The molecule has 1 aliphatic carbocycles. The fourth-order valence-corrected chi connectivity index (χ4v) is 2.59. The van der Waals surface area contributed by atoms with Gasteiger partial charge < -0.3 is 15.4 Å². The lowest BCUT2D eigenvalue weighted by atomic mass is 10.1. The molecule has 0 aliphatic heterocycles. The van der Waals surface area contributed by atoms with E-state index in [4.69, 9.17) is 4.74 Å². The highest BCUT2D eigenvalue weighted by atomic mass is 16.6. The molecule has 3 rings (SSSR count). The molecule has 0 bridgehead atoms. The summed E-state index contributed by atoms with van der Waals surface area (Å²) in [6, 6.07) is 13.8. The molecule has 0 spiro atoms. The Morgan fingerprint density at radius 2 is 1.83 bits per heavy atom. The van der Waals surface area contributed by atoms with E-state index in [1.54, 1.807) is 30.3 Å². The van der Waals surface area contributed by atoms with Crippen molar-refractivity contribution in [3.8, 4) is 0 Å². The third kappa shape index (κ3) is 5.61. The molecule has 0 radical (unpaired) electrons. The van der Waals surface area contributed by atoms with Crippen LogP contribution in [0.1, 0.15) is 34.9 Å². The topological polar surface area (TPSA) is 128 Å². The number of nitro groups is 1. The van der Waals surface area contributed by atoms with Crippen LogP contribution in [0, 0.1) is 10.1 Å². The van der Waals surface area contributed by atoms with Crippen molar-refractivity contribution in [3.63, 3.8) is 0 Å². The summed E-state index contributed by atoms with van der Waals surface area (Å²) < 4.78 is 5.30. The number of nitrogens with one attached hydrogen (secondary N) is 2. The second kappa shape index (κ2) is 8.96. The van der Waals surface area contributed by atoms with Crippen molar-refractivity contribution < 1.29 is 24.0 Å². The Hall–Kier alpha value is -3.75. The average molecular weight is 397 g/mol. The molecular formula is C20H19N3O6. The number of amides is 2. The number of hydrogen-bond acceptors (Lipinski definition) is 6. The van der Waals surface area contributed by atoms with Crippen LogP contribution in [0.15, 0.2) is 54.6 Å². The molecule has 150 valence electrons. The summed E-state index contributed by atoms with van der Waals surface area (Å²) in [6.45, 7) is -0.485. The summed E-state index contributed by atoms with van der Waals surface area (Å²) >= 11 is 0. The van der Waals surface area contributed by atoms with E-state index in [0.717, 1.165) is 18.9 Å². The molecule has 2 amide bonds. The van der Waals surface area contributed by atoms with Gasteiger partial charge in [-0.1, -0.05) is 36.4 Å². The van der Waals surface area contributed by atoms with E-state index in [9.17, 15) is 24.5 Å². The highest BCUT2D eigenvalue weighted by Crippen LogP contribution is 2.23. The number of benzene rings is 2. The van der Waals surface area contributed by atoms with E-state index in [1.165, 1.54) is 18.2 Å². The molecule has 29 heavy (non-hydrogen) atoms. The van der Waals surface area contributed by atoms with Crippen molar-refractivity contribution in [3.05, 3.63) is 75.8 Å². The van der Waals surface area contributed by atoms with Gasteiger partial charge in [-0.15, -0.1) is 0 Å². The third-order valence-corrected chi connectivity index (χ3v) is 4.23. The molecule has 1 atom stereocenters. The number of carbonyl (C=O) groups is 3. The largest absolute Gasteiger partial charge is 0.446 e. The first kappa shape index (κ1) is 20.0. The van der Waals surface area contributed by atoms with Crippen LogP contribution >= 0.6 is 0 Å². The molecule has 1 aliphatic rings. The van der Waals surface area contributed by atoms with E-state index < -0.39 is 35.4 Å². The Morgan fingerprint density at radius 1 is 1.10 bits per heavy atom. The number of nitro benzene ring substituents is 1. The molecule has 2 aromatic carbocycles. The molecule has 2 aromatic rings. The van der Waals surface area contributed by atoms with E-state index >= 15 is 0 Å². The SMILES string of the molecule is O=C(CNC(=O)c1cccc([N+](=O)[O-])c1)OC(C(=O)NC1CC1)c1ccccc1. The summed E-state index contributed by atoms with van der Waals surface area (Å²) in [7, 11) is 0. The number of rotatable bonds is 8. The lowest BCUT2D eigenvalue weighted by Gasteiger charge is -2.18. The Bertz CT molecular complexity index is 927. The molecule has 0 saturated heterocycles. The average Bonchev–Trinajstić information content (AvgIpc) is 3.54. The van der Waals surface area contributed by atoms with Crippen molar-refractivity contribution in [1.82, 2.24) is 10.6 Å². The predicted octanol–water partition coefficient (Wildman–Crippen LogP) is 1.89. The van der Waals surface area contributed by atoms with Gasteiger partial charge in [0.05, 0.1) is 4.92 Å². The monoisotopic (exact) mass is 397 g/mol. The van der Waals surface area contributed by atoms with E-state index in [0.29, 0.717) is 5.56 Å². The van der Waals surface area contributed by atoms with Gasteiger partial charge >= 0.3 is 5.97 Å². The first-order valence-electron chi connectivity index (χ1n) is 9.01. The van der Waals surface area contributed by atoms with Gasteiger partial charge in [0.1, 0.15) is 6.54 Å². The van der Waals surface area contributed by atoms with Crippen LogP contribution in [0.2, 0.25) is 0 Å². The van der Waals surface area contributed by atoms with Crippen LogP contribution in [0.5, 0.6) is 0 Å². The smallest absolute Gasteiger partial charge is 0.326 e. The van der Waals surface area contributed by atoms with Crippen LogP contribution in [-0.4, -0.2) is 35.3 Å². The Morgan fingerprint density at radius 3 is 2.48 bits per heavy atom. The molecule has 9 nitrogen and oxygen atoms in total. The predicted molar refractivity (Wildman–Crippen MR) is 102 cm³/mol. The third-order valence-electron chi connectivity index (χ3n) is 4.23. The van der Waals surface area contributed by atoms with Gasteiger partial charge in [-0.3, -0.25) is 24.5 Å². The van der Waals surface area contributed by atoms with Crippen LogP contribution in [-0.2, 0) is 14.3 Å². The van der Waals surface area contributed by atoms with Gasteiger partial charge in [0, 0.05) is 29.3 Å². The van der Waals surface area contributed by atoms with Gasteiger partial charge in [-0.05, 0) is 18.9 Å². The lowest BCUT2D eigenvalue weighted by molar-refractivity contribution is -0.384. The van der Waals surface area contributed by atoms with Crippen molar-refractivity contribution in [2.24, 2.45) is 0 Å². The summed E-state index contributed by atoms with van der Waals surface area (Å²) in [4.78, 5) is 47.0. The fourth-order valence-electron chi connectivity index (χ4n) is 2.59. The minimum absolute atomic E-state index is 0.0399. The summed E-state index contributed by atoms with van der Waals surface area (Å²) in [5.74, 6) is -1.88. The quantitative estimate of drug-likeness (QED) is 0.398. The van der Waals surface area contributed by atoms with Crippen LogP contribution in [0.25, 0.3) is 0 Å². The highest BCUT2D eigenvalue weighted by molar-refractivity contribution is 5.96. The van der Waals surface area contributed by atoms with Crippen molar-refractivity contribution in [2.75, 3.05) is 6.54 Å². The van der Waals surface area contributed by atoms with Gasteiger partial charge in [0.2, 0.25) is 6.10 Å². The molecule has 0 heterocycles. The maximum atomic E-state index is 12.5. The Kier molecular flexibility index (Phi) is 6.18. The van der Waals surface area contributed by atoms with Crippen molar-refractivity contribution in [2.45, 2.75) is 25.0 Å². The highest BCUT2D eigenvalue weighted by Gasteiger charge is 2.30. The molecule has 9 heteroatoms. The second-order valence-corrected chi connectivity index (χ2v) is 6.55. The zero-order valence-corrected chi connectivity index (χ0v) is 15.4. The van der Waals surface area contributed by atoms with Crippen molar-refractivity contribution in [1.29, 1.82) is 0 Å². The van der Waals surface area contributed by atoms with Crippen LogP contribution in [0.3, 0.4) is 0 Å². The van der Waals surface area contributed by atoms with Crippen molar-refractivity contribution >= 4 is 23.5 Å². The van der Waals surface area contributed by atoms with E-state index in [-0.39, 0.29) is 17.3 Å². The van der Waals surface area contributed by atoms with E-state index in [1.807, 2.05) is 0 Å². The number of carbonyl (C=O) groups excluding carboxylic acids is 3. The summed E-state index contributed by atoms with van der Waals surface area (Å²) in [6.07, 6.45) is 0.653. The minimum Gasteiger partial charge on any atom is -0.446 e. The van der Waals surface area contributed by atoms with Gasteiger partial charge in [0.15, 0.2) is 0 Å². The fraction of sp³-hybridized carbons (Fsp3) is 0.250. The number of hydrogen-bond donors (Lipinski definition) is 2. The first-order valence-corrected chi connectivity index (χ1v) is 9.01. The van der Waals surface area contributed by atoms with Gasteiger partial charge in [0.25, 0.3) is 17.5 Å².